The standard InChI is InChI=1S/C17H18N2/c1-12-5-7-16(14(3)9-12)18-11-19-17-8-6-13(2)10-15(17)4/h5-10H,1-4H3. The quantitative estimate of drug-likeness (QED) is 0.666. The molecule has 2 aromatic rings. The Labute approximate surface area is 114 Å². The van der Waals surface area contributed by atoms with E-state index in [-0.39, 0.29) is 0 Å². The Hall–Kier alpha value is -2.18. The minimum atomic E-state index is 0.916. The third-order valence-corrected chi connectivity index (χ3v) is 3.05. The maximum atomic E-state index is 4.29. The van der Waals surface area contributed by atoms with Crippen molar-refractivity contribution in [2.24, 2.45) is 9.98 Å². The topological polar surface area (TPSA) is 24.7 Å². The van der Waals surface area contributed by atoms with Gasteiger partial charge in [0, 0.05) is 0 Å². The van der Waals surface area contributed by atoms with Crippen molar-refractivity contribution in [3.8, 4) is 0 Å². The molecule has 19 heavy (non-hydrogen) atoms. The number of rotatable bonds is 2. The van der Waals surface area contributed by atoms with E-state index >= 15 is 0 Å². The van der Waals surface area contributed by atoms with Gasteiger partial charge in [-0.1, -0.05) is 35.4 Å². The largest absolute Gasteiger partial charge is 0.187 e. The van der Waals surface area contributed by atoms with Crippen molar-refractivity contribution in [3.05, 3.63) is 58.7 Å². The second-order valence-corrected chi connectivity index (χ2v) is 4.90. The van der Waals surface area contributed by atoms with Crippen molar-refractivity contribution in [1.82, 2.24) is 0 Å². The van der Waals surface area contributed by atoms with Gasteiger partial charge in [0.05, 0.1) is 11.4 Å². The van der Waals surface area contributed by atoms with Crippen molar-refractivity contribution in [3.63, 3.8) is 0 Å². The summed E-state index contributed by atoms with van der Waals surface area (Å²) in [5.74, 6) is 0. The van der Waals surface area contributed by atoms with Crippen LogP contribution in [0, 0.1) is 27.7 Å². The lowest BCUT2D eigenvalue weighted by atomic mass is 10.1. The highest BCUT2D eigenvalue weighted by Crippen LogP contribution is 2.20. The Morgan fingerprint density at radius 1 is 0.684 bits per heavy atom. The normalized spacial score (nSPS) is 9.89. The summed E-state index contributed by atoms with van der Waals surface area (Å²) in [6.45, 7) is 8.24. The minimum absolute atomic E-state index is 0.916. The molecule has 0 radical (unpaired) electrons. The molecule has 0 bridgehead atoms. The van der Waals surface area contributed by atoms with E-state index in [0.29, 0.717) is 0 Å². The monoisotopic (exact) mass is 250 g/mol. The zero-order valence-electron chi connectivity index (χ0n) is 11.9. The molecule has 0 spiro atoms. The fourth-order valence-corrected chi connectivity index (χ4v) is 1.99. The highest BCUT2D eigenvalue weighted by atomic mass is 14.8. The van der Waals surface area contributed by atoms with Crippen LogP contribution < -0.4 is 0 Å². The zero-order chi connectivity index (χ0) is 13.8. The minimum Gasteiger partial charge on any atom is -0.187 e. The van der Waals surface area contributed by atoms with Gasteiger partial charge < -0.3 is 0 Å². The van der Waals surface area contributed by atoms with E-state index in [4.69, 9.17) is 0 Å². The van der Waals surface area contributed by atoms with E-state index in [1.807, 2.05) is 38.1 Å². The molecule has 2 nitrogen and oxygen atoms in total. The van der Waals surface area contributed by atoms with Crippen LogP contribution in [0.5, 0.6) is 0 Å². The molecule has 2 rings (SSSR count). The van der Waals surface area contributed by atoms with Crippen LogP contribution in [0.15, 0.2) is 46.4 Å². The predicted octanol–water partition coefficient (Wildman–Crippen LogP) is 5.06. The molecule has 0 unspecified atom stereocenters. The molecule has 2 aromatic carbocycles. The van der Waals surface area contributed by atoms with Crippen LogP contribution in [0.25, 0.3) is 0 Å². The van der Waals surface area contributed by atoms with Gasteiger partial charge in [0.15, 0.2) is 0 Å². The second kappa shape index (κ2) is 5.64. The number of hydrogen-bond donors (Lipinski definition) is 0. The molecular weight excluding hydrogens is 232 g/mol. The predicted molar refractivity (Wildman–Crippen MR) is 81.0 cm³/mol. The lowest BCUT2D eigenvalue weighted by molar-refractivity contribution is 1.33. The molecule has 0 aliphatic carbocycles. The molecule has 96 valence electrons. The van der Waals surface area contributed by atoms with Crippen LogP contribution in [0.3, 0.4) is 0 Å². The molecule has 0 saturated carbocycles. The molecule has 0 N–H and O–H groups in total. The molecule has 0 aliphatic heterocycles. The van der Waals surface area contributed by atoms with Crippen LogP contribution in [-0.4, -0.2) is 6.01 Å². The fraction of sp³-hybridized carbons (Fsp3) is 0.235. The average molecular weight is 250 g/mol. The summed E-state index contributed by atoms with van der Waals surface area (Å²) < 4.78 is 0. The summed E-state index contributed by atoms with van der Waals surface area (Å²) in [6.07, 6.45) is 0. The van der Waals surface area contributed by atoms with E-state index < -0.39 is 0 Å². The molecule has 0 fully saturated rings. The number of hydrogen-bond acceptors (Lipinski definition) is 2. The van der Waals surface area contributed by atoms with E-state index in [1.54, 1.807) is 0 Å². The van der Waals surface area contributed by atoms with Crippen LogP contribution in [-0.2, 0) is 0 Å². The lowest BCUT2D eigenvalue weighted by Gasteiger charge is -2.00. The number of aliphatic imine (C=N–C) groups is 2. The second-order valence-electron chi connectivity index (χ2n) is 4.90. The molecule has 0 aromatic heterocycles. The molecular formula is C17H18N2. The zero-order valence-corrected chi connectivity index (χ0v) is 11.9. The van der Waals surface area contributed by atoms with Crippen molar-refractivity contribution >= 4 is 17.4 Å². The van der Waals surface area contributed by atoms with Gasteiger partial charge >= 0.3 is 0 Å². The Kier molecular flexibility index (Phi) is 3.94. The maximum Gasteiger partial charge on any atom is 0.100 e. The van der Waals surface area contributed by atoms with Crippen LogP contribution >= 0.6 is 0 Å². The third-order valence-electron chi connectivity index (χ3n) is 3.05. The average Bonchev–Trinajstić information content (AvgIpc) is 2.34. The van der Waals surface area contributed by atoms with Gasteiger partial charge in [-0.05, 0) is 51.0 Å². The summed E-state index contributed by atoms with van der Waals surface area (Å²) >= 11 is 0. The lowest BCUT2D eigenvalue weighted by Crippen LogP contribution is -1.78. The highest BCUT2D eigenvalue weighted by molar-refractivity contribution is 5.61. The first-order valence-electron chi connectivity index (χ1n) is 6.37. The molecule has 0 aliphatic rings. The van der Waals surface area contributed by atoms with E-state index in [2.05, 4.69) is 42.0 Å². The van der Waals surface area contributed by atoms with Crippen LogP contribution in [0.2, 0.25) is 0 Å². The van der Waals surface area contributed by atoms with Gasteiger partial charge in [0.25, 0.3) is 0 Å². The van der Waals surface area contributed by atoms with Gasteiger partial charge in [-0.15, -0.1) is 0 Å². The van der Waals surface area contributed by atoms with E-state index in [9.17, 15) is 0 Å². The van der Waals surface area contributed by atoms with Crippen molar-refractivity contribution in [2.75, 3.05) is 0 Å². The molecule has 0 saturated heterocycles. The highest BCUT2D eigenvalue weighted by Gasteiger charge is 1.96. The number of benzene rings is 2. The summed E-state index contributed by atoms with van der Waals surface area (Å²) in [5.41, 5.74) is 6.59. The van der Waals surface area contributed by atoms with Crippen LogP contribution in [0.4, 0.5) is 11.4 Å². The molecule has 0 heterocycles. The van der Waals surface area contributed by atoms with Crippen molar-refractivity contribution < 1.29 is 0 Å². The third kappa shape index (κ3) is 3.40. The van der Waals surface area contributed by atoms with Gasteiger partial charge in [-0.2, -0.15) is 9.98 Å². The Morgan fingerprint density at radius 3 is 1.47 bits per heavy atom. The number of nitrogens with zero attached hydrogens (tertiary/aromatic N) is 2. The molecule has 0 atom stereocenters. The summed E-state index contributed by atoms with van der Waals surface area (Å²) in [7, 11) is 0. The first-order valence-corrected chi connectivity index (χ1v) is 6.37. The first-order chi connectivity index (χ1) is 9.06. The van der Waals surface area contributed by atoms with Crippen molar-refractivity contribution in [2.45, 2.75) is 27.7 Å². The van der Waals surface area contributed by atoms with Gasteiger partial charge in [-0.3, -0.25) is 0 Å². The van der Waals surface area contributed by atoms with Crippen molar-refractivity contribution in [1.29, 1.82) is 0 Å². The van der Waals surface area contributed by atoms with E-state index in [1.165, 1.54) is 11.1 Å². The Morgan fingerprint density at radius 2 is 1.11 bits per heavy atom. The first kappa shape index (κ1) is 13.3. The van der Waals surface area contributed by atoms with Crippen LogP contribution in [0.1, 0.15) is 22.3 Å². The number of aryl methyl sites for hydroxylation is 4. The van der Waals surface area contributed by atoms with Gasteiger partial charge in [0.1, 0.15) is 6.01 Å². The Bertz CT molecular complexity index is 607. The molecule has 0 amide bonds. The summed E-state index contributed by atoms with van der Waals surface area (Å²) in [4.78, 5) is 8.58. The smallest absolute Gasteiger partial charge is 0.100 e. The Balaban J connectivity index is 2.29. The summed E-state index contributed by atoms with van der Waals surface area (Å²) in [5, 5.41) is 0. The molecule has 2 heteroatoms. The summed E-state index contributed by atoms with van der Waals surface area (Å²) in [6, 6.07) is 15.1. The maximum absolute atomic E-state index is 4.29. The fourth-order valence-electron chi connectivity index (χ4n) is 1.99. The SMILES string of the molecule is Cc1ccc(N=C=Nc2ccc(C)cc2C)c(C)c1. The van der Waals surface area contributed by atoms with Gasteiger partial charge in [-0.25, -0.2) is 0 Å². The van der Waals surface area contributed by atoms with E-state index in [0.717, 1.165) is 22.5 Å². The van der Waals surface area contributed by atoms with Gasteiger partial charge in [0.2, 0.25) is 0 Å².